The fourth-order valence-electron chi connectivity index (χ4n) is 1.10. The third-order valence-corrected chi connectivity index (χ3v) is 2.49. The number of methoxy groups -OCH3 is 1. The topological polar surface area (TPSA) is 33.0 Å². The van der Waals surface area contributed by atoms with Gasteiger partial charge >= 0.3 is 0 Å². The minimum Gasteiger partial charge on any atom is -0.496 e. The Kier molecular flexibility index (Phi) is 3.64. The van der Waals surface area contributed by atoms with Crippen LogP contribution in [0, 0.1) is 11.3 Å². The Labute approximate surface area is 94.6 Å². The van der Waals surface area contributed by atoms with Crippen molar-refractivity contribution >= 4 is 15.9 Å². The lowest BCUT2D eigenvalue weighted by Gasteiger charge is -2.14. The van der Waals surface area contributed by atoms with E-state index in [1.54, 1.807) is 0 Å². The predicted molar refractivity (Wildman–Crippen MR) is 54.8 cm³/mol. The van der Waals surface area contributed by atoms with Crippen molar-refractivity contribution in [2.24, 2.45) is 0 Å². The van der Waals surface area contributed by atoms with Crippen molar-refractivity contribution in [2.45, 2.75) is 12.3 Å². The summed E-state index contributed by atoms with van der Waals surface area (Å²) in [5.74, 6) is -2.64. The normalized spacial score (nSPS) is 10.9. The molecular weight excluding hydrogens is 268 g/mol. The highest BCUT2D eigenvalue weighted by Crippen LogP contribution is 2.35. The van der Waals surface area contributed by atoms with Gasteiger partial charge in [-0.3, -0.25) is 0 Å². The van der Waals surface area contributed by atoms with Crippen LogP contribution in [0.1, 0.15) is 12.0 Å². The van der Waals surface area contributed by atoms with Crippen LogP contribution in [-0.2, 0) is 5.92 Å². The number of alkyl halides is 2. The molecule has 0 bridgehead atoms. The SMILES string of the molecule is COc1ccc(C(F)(F)CC#N)cc1Br. The maximum Gasteiger partial charge on any atom is 0.286 e. The van der Waals surface area contributed by atoms with Gasteiger partial charge in [-0.1, -0.05) is 0 Å². The third-order valence-electron chi connectivity index (χ3n) is 1.88. The Morgan fingerprint density at radius 2 is 2.20 bits per heavy atom. The van der Waals surface area contributed by atoms with Crippen LogP contribution in [-0.4, -0.2) is 7.11 Å². The summed E-state index contributed by atoms with van der Waals surface area (Å²) >= 11 is 3.11. The molecule has 0 amide bonds. The zero-order chi connectivity index (χ0) is 11.5. The lowest BCUT2D eigenvalue weighted by molar-refractivity contribution is 0.000854. The van der Waals surface area contributed by atoms with Crippen molar-refractivity contribution in [3.63, 3.8) is 0 Å². The third kappa shape index (κ3) is 2.66. The monoisotopic (exact) mass is 275 g/mol. The van der Waals surface area contributed by atoms with Crippen LogP contribution < -0.4 is 4.74 Å². The van der Waals surface area contributed by atoms with E-state index in [1.165, 1.54) is 31.4 Å². The molecule has 0 radical (unpaired) electrons. The Bertz CT molecular complexity index is 401. The molecule has 0 fully saturated rings. The molecule has 0 spiro atoms. The highest BCUT2D eigenvalue weighted by molar-refractivity contribution is 9.10. The summed E-state index contributed by atoms with van der Waals surface area (Å²) in [4.78, 5) is 0. The van der Waals surface area contributed by atoms with Gasteiger partial charge < -0.3 is 4.74 Å². The van der Waals surface area contributed by atoms with Crippen LogP contribution in [0.3, 0.4) is 0 Å². The fourth-order valence-corrected chi connectivity index (χ4v) is 1.64. The number of ether oxygens (including phenoxy) is 1. The number of hydrogen-bond donors (Lipinski definition) is 0. The number of hydrogen-bond acceptors (Lipinski definition) is 2. The van der Waals surface area contributed by atoms with E-state index in [1.807, 2.05) is 0 Å². The van der Waals surface area contributed by atoms with Gasteiger partial charge in [0.15, 0.2) is 0 Å². The van der Waals surface area contributed by atoms with Crippen molar-refractivity contribution in [3.05, 3.63) is 28.2 Å². The zero-order valence-electron chi connectivity index (χ0n) is 7.93. The molecule has 0 N–H and O–H groups in total. The Morgan fingerprint density at radius 1 is 1.53 bits per heavy atom. The van der Waals surface area contributed by atoms with Gasteiger partial charge in [0, 0.05) is 5.56 Å². The molecule has 0 saturated heterocycles. The first-order valence-electron chi connectivity index (χ1n) is 4.10. The van der Waals surface area contributed by atoms with Gasteiger partial charge in [0.2, 0.25) is 0 Å². The van der Waals surface area contributed by atoms with Crippen LogP contribution in [0.4, 0.5) is 8.78 Å². The van der Waals surface area contributed by atoms with Crippen LogP contribution >= 0.6 is 15.9 Å². The van der Waals surface area contributed by atoms with E-state index < -0.39 is 12.3 Å². The van der Waals surface area contributed by atoms with Gasteiger partial charge in [-0.2, -0.15) is 5.26 Å². The number of halogens is 3. The molecule has 0 aliphatic carbocycles. The second-order valence-corrected chi connectivity index (χ2v) is 3.74. The molecule has 1 rings (SSSR count). The van der Waals surface area contributed by atoms with Crippen LogP contribution in [0.15, 0.2) is 22.7 Å². The maximum absolute atomic E-state index is 13.3. The molecule has 80 valence electrons. The summed E-state index contributed by atoms with van der Waals surface area (Å²) < 4.78 is 31.9. The second-order valence-electron chi connectivity index (χ2n) is 2.89. The number of nitriles is 1. The summed E-state index contributed by atoms with van der Waals surface area (Å²) in [6, 6.07) is 5.40. The highest BCUT2D eigenvalue weighted by atomic mass is 79.9. The molecule has 0 aliphatic rings. The molecule has 0 atom stereocenters. The summed E-state index contributed by atoms with van der Waals surface area (Å²) in [5.41, 5.74) is -0.197. The van der Waals surface area contributed by atoms with Crippen molar-refractivity contribution in [1.29, 1.82) is 5.26 Å². The van der Waals surface area contributed by atoms with Gasteiger partial charge in [-0.15, -0.1) is 0 Å². The first-order chi connectivity index (χ1) is 7.01. The van der Waals surface area contributed by atoms with Gasteiger partial charge in [0.05, 0.1) is 17.7 Å². The lowest BCUT2D eigenvalue weighted by atomic mass is 10.1. The van der Waals surface area contributed by atoms with E-state index in [0.29, 0.717) is 10.2 Å². The second kappa shape index (κ2) is 4.58. The van der Waals surface area contributed by atoms with E-state index in [4.69, 9.17) is 10.00 Å². The summed E-state index contributed by atoms with van der Waals surface area (Å²) in [7, 11) is 1.45. The average molecular weight is 276 g/mol. The molecule has 0 aliphatic heterocycles. The minimum absolute atomic E-state index is 0.197. The molecule has 0 unspecified atom stereocenters. The van der Waals surface area contributed by atoms with Crippen molar-refractivity contribution in [1.82, 2.24) is 0 Å². The smallest absolute Gasteiger partial charge is 0.286 e. The first kappa shape index (κ1) is 11.9. The molecule has 0 saturated carbocycles. The van der Waals surface area contributed by atoms with E-state index in [0.717, 1.165) is 0 Å². The van der Waals surface area contributed by atoms with E-state index >= 15 is 0 Å². The highest BCUT2D eigenvalue weighted by Gasteiger charge is 2.31. The number of benzene rings is 1. The minimum atomic E-state index is -3.12. The summed E-state index contributed by atoms with van der Waals surface area (Å²) in [5, 5.41) is 8.27. The summed E-state index contributed by atoms with van der Waals surface area (Å²) in [6.45, 7) is 0. The Morgan fingerprint density at radius 3 is 2.67 bits per heavy atom. The van der Waals surface area contributed by atoms with Crippen molar-refractivity contribution in [3.8, 4) is 11.8 Å². The molecule has 1 aromatic carbocycles. The molecule has 5 heteroatoms. The summed E-state index contributed by atoms with van der Waals surface area (Å²) in [6.07, 6.45) is -0.828. The standard InChI is InChI=1S/C10H8BrF2NO/c1-15-9-3-2-7(6-8(9)11)10(12,13)4-5-14/h2-3,6H,4H2,1H3. The van der Waals surface area contributed by atoms with Gasteiger partial charge in [0.1, 0.15) is 12.2 Å². The van der Waals surface area contributed by atoms with Crippen molar-refractivity contribution < 1.29 is 13.5 Å². The Hall–Kier alpha value is -1.15. The molecule has 0 heterocycles. The van der Waals surface area contributed by atoms with Gasteiger partial charge in [-0.25, -0.2) is 8.78 Å². The van der Waals surface area contributed by atoms with E-state index in [2.05, 4.69) is 15.9 Å². The molecular formula is C10H8BrF2NO. The number of rotatable bonds is 3. The number of nitrogens with zero attached hydrogens (tertiary/aromatic N) is 1. The van der Waals surface area contributed by atoms with Gasteiger partial charge in [0.25, 0.3) is 5.92 Å². The average Bonchev–Trinajstić information content (AvgIpc) is 2.17. The van der Waals surface area contributed by atoms with Crippen molar-refractivity contribution in [2.75, 3.05) is 7.11 Å². The van der Waals surface area contributed by atoms with Gasteiger partial charge in [-0.05, 0) is 34.1 Å². The predicted octanol–water partition coefficient (Wildman–Crippen LogP) is 3.46. The van der Waals surface area contributed by atoms with Crippen LogP contribution in [0.5, 0.6) is 5.75 Å². The fraction of sp³-hybridized carbons (Fsp3) is 0.300. The maximum atomic E-state index is 13.3. The lowest BCUT2D eigenvalue weighted by Crippen LogP contribution is -2.12. The van der Waals surface area contributed by atoms with Crippen LogP contribution in [0.2, 0.25) is 0 Å². The van der Waals surface area contributed by atoms with E-state index in [9.17, 15) is 8.78 Å². The molecule has 15 heavy (non-hydrogen) atoms. The van der Waals surface area contributed by atoms with Crippen LogP contribution in [0.25, 0.3) is 0 Å². The zero-order valence-corrected chi connectivity index (χ0v) is 9.51. The van der Waals surface area contributed by atoms with E-state index in [-0.39, 0.29) is 5.56 Å². The molecule has 1 aromatic rings. The molecule has 0 aromatic heterocycles. The largest absolute Gasteiger partial charge is 0.496 e. The Balaban J connectivity index is 3.08. The first-order valence-corrected chi connectivity index (χ1v) is 4.89. The quantitative estimate of drug-likeness (QED) is 0.846. The molecule has 2 nitrogen and oxygen atoms in total.